The Hall–Kier alpha value is -0.550. The minimum atomic E-state index is -4.28. The lowest BCUT2D eigenvalue weighted by molar-refractivity contribution is -0.137. The van der Waals surface area contributed by atoms with Crippen LogP contribution in [0.3, 0.4) is 0 Å². The summed E-state index contributed by atoms with van der Waals surface area (Å²) in [6, 6.07) is 3.74. The number of halogens is 4. The fraction of sp³-hybridized carbons (Fsp3) is 0.500. The van der Waals surface area contributed by atoms with Crippen molar-refractivity contribution in [2.24, 2.45) is 0 Å². The van der Waals surface area contributed by atoms with Gasteiger partial charge in [0.1, 0.15) is 0 Å². The Labute approximate surface area is 107 Å². The van der Waals surface area contributed by atoms with Crippen molar-refractivity contribution in [3.8, 4) is 0 Å². The molecule has 0 saturated heterocycles. The maximum absolute atomic E-state index is 12.6. The maximum atomic E-state index is 12.6. The molecule has 0 atom stereocenters. The molecule has 0 radical (unpaired) electrons. The highest BCUT2D eigenvalue weighted by Crippen LogP contribution is 2.36. The molecular formula is C12H13BrF3N. The summed E-state index contributed by atoms with van der Waals surface area (Å²) in [5, 5.41) is 3.27. The lowest BCUT2D eigenvalue weighted by Crippen LogP contribution is -2.27. The van der Waals surface area contributed by atoms with Crippen molar-refractivity contribution in [2.45, 2.75) is 38.0 Å². The van der Waals surface area contributed by atoms with Crippen LogP contribution >= 0.6 is 15.9 Å². The normalized spacial score (nSPS) is 18.2. The standard InChI is InChI=1S/C12H13BrF3N/c1-11(4-5-11)17-7-8-6-9(12(14,15)16)2-3-10(8)13/h2-3,6,17H,4-5,7H2,1H3. The second kappa shape index (κ2) is 4.28. The quantitative estimate of drug-likeness (QED) is 0.886. The molecule has 5 heteroatoms. The molecule has 0 amide bonds. The molecule has 1 aliphatic rings. The molecule has 0 aliphatic heterocycles. The van der Waals surface area contributed by atoms with Crippen LogP contribution in [0.1, 0.15) is 30.9 Å². The van der Waals surface area contributed by atoms with E-state index in [0.717, 1.165) is 18.9 Å². The Morgan fingerprint density at radius 3 is 2.53 bits per heavy atom. The molecular weight excluding hydrogens is 295 g/mol. The predicted molar refractivity (Wildman–Crippen MR) is 63.6 cm³/mol. The van der Waals surface area contributed by atoms with Crippen molar-refractivity contribution < 1.29 is 13.2 Å². The molecule has 0 aromatic heterocycles. The summed E-state index contributed by atoms with van der Waals surface area (Å²) in [4.78, 5) is 0. The highest BCUT2D eigenvalue weighted by atomic mass is 79.9. The van der Waals surface area contributed by atoms with E-state index in [0.29, 0.717) is 16.6 Å². The molecule has 0 spiro atoms. The molecule has 0 heterocycles. The third-order valence-electron chi connectivity index (χ3n) is 3.08. The highest BCUT2D eigenvalue weighted by Gasteiger charge is 2.36. The fourth-order valence-electron chi connectivity index (χ4n) is 1.56. The number of hydrogen-bond donors (Lipinski definition) is 1. The van der Waals surface area contributed by atoms with Gasteiger partial charge in [0.2, 0.25) is 0 Å². The van der Waals surface area contributed by atoms with Crippen molar-refractivity contribution in [1.82, 2.24) is 5.32 Å². The smallest absolute Gasteiger partial charge is 0.307 e. The van der Waals surface area contributed by atoms with Crippen molar-refractivity contribution in [1.29, 1.82) is 0 Å². The fourth-order valence-corrected chi connectivity index (χ4v) is 1.95. The molecule has 1 aromatic rings. The summed E-state index contributed by atoms with van der Waals surface area (Å²) in [6.07, 6.45) is -2.11. The maximum Gasteiger partial charge on any atom is 0.416 e. The molecule has 17 heavy (non-hydrogen) atoms. The number of alkyl halides is 3. The van der Waals surface area contributed by atoms with Crippen LogP contribution in [0.4, 0.5) is 13.2 Å². The lowest BCUT2D eigenvalue weighted by Gasteiger charge is -2.14. The molecule has 0 unspecified atom stereocenters. The Bertz CT molecular complexity index is 424. The summed E-state index contributed by atoms with van der Waals surface area (Å²) in [6.45, 7) is 2.54. The van der Waals surface area contributed by atoms with Gasteiger partial charge in [-0.25, -0.2) is 0 Å². The first-order valence-electron chi connectivity index (χ1n) is 5.41. The number of hydrogen-bond acceptors (Lipinski definition) is 1. The van der Waals surface area contributed by atoms with E-state index in [1.165, 1.54) is 12.1 Å². The predicted octanol–water partition coefficient (Wildman–Crippen LogP) is 4.11. The van der Waals surface area contributed by atoms with Crippen LogP contribution in [0.2, 0.25) is 0 Å². The first-order valence-corrected chi connectivity index (χ1v) is 6.20. The monoisotopic (exact) mass is 307 g/mol. The van der Waals surface area contributed by atoms with Crippen LogP contribution in [0.25, 0.3) is 0 Å². The van der Waals surface area contributed by atoms with Gasteiger partial charge in [-0.15, -0.1) is 0 Å². The van der Waals surface area contributed by atoms with Crippen molar-refractivity contribution >= 4 is 15.9 Å². The summed E-state index contributed by atoms with van der Waals surface area (Å²) in [5.41, 5.74) is 0.166. The van der Waals surface area contributed by atoms with Gasteiger partial charge in [0.05, 0.1) is 5.56 Å². The van der Waals surface area contributed by atoms with Gasteiger partial charge in [-0.1, -0.05) is 15.9 Å². The molecule has 2 rings (SSSR count). The van der Waals surface area contributed by atoms with Crippen molar-refractivity contribution in [2.75, 3.05) is 0 Å². The van der Waals surface area contributed by atoms with Crippen LogP contribution < -0.4 is 5.32 Å². The van der Waals surface area contributed by atoms with E-state index < -0.39 is 11.7 Å². The zero-order valence-electron chi connectivity index (χ0n) is 9.37. The van der Waals surface area contributed by atoms with Crippen LogP contribution in [0, 0.1) is 0 Å². The van der Waals surface area contributed by atoms with E-state index in [9.17, 15) is 13.2 Å². The van der Waals surface area contributed by atoms with Gasteiger partial charge in [-0.3, -0.25) is 0 Å². The summed E-state index contributed by atoms with van der Waals surface area (Å²) < 4.78 is 38.4. The van der Waals surface area contributed by atoms with E-state index in [2.05, 4.69) is 28.2 Å². The Kier molecular flexibility index (Phi) is 3.25. The summed E-state index contributed by atoms with van der Waals surface area (Å²) in [5.74, 6) is 0. The highest BCUT2D eigenvalue weighted by molar-refractivity contribution is 9.10. The van der Waals surface area contributed by atoms with Crippen LogP contribution in [0.15, 0.2) is 22.7 Å². The van der Waals surface area contributed by atoms with Gasteiger partial charge in [-0.2, -0.15) is 13.2 Å². The number of benzene rings is 1. The van der Waals surface area contributed by atoms with Gasteiger partial charge in [-0.05, 0) is 43.5 Å². The Morgan fingerprint density at radius 2 is 2.00 bits per heavy atom. The molecule has 1 nitrogen and oxygen atoms in total. The molecule has 1 saturated carbocycles. The molecule has 1 aromatic carbocycles. The molecule has 0 bridgehead atoms. The van der Waals surface area contributed by atoms with Crippen LogP contribution in [0.5, 0.6) is 0 Å². The van der Waals surface area contributed by atoms with E-state index in [4.69, 9.17) is 0 Å². The van der Waals surface area contributed by atoms with Gasteiger partial charge >= 0.3 is 6.18 Å². The van der Waals surface area contributed by atoms with Crippen LogP contribution in [-0.2, 0) is 12.7 Å². The van der Waals surface area contributed by atoms with Gasteiger partial charge in [0, 0.05) is 16.6 Å². The first-order chi connectivity index (χ1) is 7.80. The first kappa shape index (κ1) is 12.9. The van der Waals surface area contributed by atoms with Gasteiger partial charge in [0.25, 0.3) is 0 Å². The zero-order valence-corrected chi connectivity index (χ0v) is 11.0. The second-order valence-electron chi connectivity index (χ2n) is 4.72. The van der Waals surface area contributed by atoms with Crippen LogP contribution in [-0.4, -0.2) is 5.54 Å². The Morgan fingerprint density at radius 1 is 1.35 bits per heavy atom. The van der Waals surface area contributed by atoms with E-state index >= 15 is 0 Å². The number of nitrogens with one attached hydrogen (secondary N) is 1. The number of rotatable bonds is 3. The average molecular weight is 308 g/mol. The van der Waals surface area contributed by atoms with Crippen molar-refractivity contribution in [3.05, 3.63) is 33.8 Å². The van der Waals surface area contributed by atoms with Gasteiger partial charge < -0.3 is 5.32 Å². The van der Waals surface area contributed by atoms with Gasteiger partial charge in [0.15, 0.2) is 0 Å². The summed E-state index contributed by atoms with van der Waals surface area (Å²) >= 11 is 3.28. The van der Waals surface area contributed by atoms with E-state index in [1.54, 1.807) is 0 Å². The largest absolute Gasteiger partial charge is 0.416 e. The van der Waals surface area contributed by atoms with Crippen molar-refractivity contribution in [3.63, 3.8) is 0 Å². The van der Waals surface area contributed by atoms with E-state index in [1.807, 2.05) is 0 Å². The minimum absolute atomic E-state index is 0.119. The third kappa shape index (κ3) is 3.22. The molecule has 1 fully saturated rings. The summed E-state index contributed by atoms with van der Waals surface area (Å²) in [7, 11) is 0. The Balaban J connectivity index is 2.14. The van der Waals surface area contributed by atoms with E-state index in [-0.39, 0.29) is 5.54 Å². The third-order valence-corrected chi connectivity index (χ3v) is 3.85. The molecule has 94 valence electrons. The minimum Gasteiger partial charge on any atom is -0.307 e. The second-order valence-corrected chi connectivity index (χ2v) is 5.57. The topological polar surface area (TPSA) is 12.0 Å². The molecule has 1 N–H and O–H groups in total. The average Bonchev–Trinajstić information content (AvgIpc) is 2.94. The zero-order chi connectivity index (χ0) is 12.7. The molecule has 1 aliphatic carbocycles. The lowest BCUT2D eigenvalue weighted by atomic mass is 10.1. The SMILES string of the molecule is CC1(NCc2cc(C(F)(F)F)ccc2Br)CC1.